The molecule has 0 aromatic heterocycles. The van der Waals surface area contributed by atoms with E-state index in [2.05, 4.69) is 10.1 Å². The Bertz CT molecular complexity index is 459. The summed E-state index contributed by atoms with van der Waals surface area (Å²) in [5, 5.41) is 2.41. The van der Waals surface area contributed by atoms with Gasteiger partial charge in [-0.25, -0.2) is 0 Å². The predicted molar refractivity (Wildman–Crippen MR) is 75.4 cm³/mol. The molecule has 1 aromatic rings. The van der Waals surface area contributed by atoms with E-state index in [1.807, 2.05) is 0 Å². The van der Waals surface area contributed by atoms with Gasteiger partial charge in [0.15, 0.2) is 0 Å². The third-order valence-corrected chi connectivity index (χ3v) is 2.45. The summed E-state index contributed by atoms with van der Waals surface area (Å²) in [6, 6.07) is 4.06. The monoisotopic (exact) mass is 326 g/mol. The second-order valence-corrected chi connectivity index (χ2v) is 3.69. The van der Waals surface area contributed by atoms with E-state index in [4.69, 9.17) is 15.2 Å². The van der Waals surface area contributed by atoms with Crippen LogP contribution in [-0.4, -0.2) is 39.4 Å². The number of carbonyl (C=O) groups is 1. The lowest BCUT2D eigenvalue weighted by molar-refractivity contribution is -0.125. The Labute approximate surface area is 126 Å². The minimum atomic E-state index is -3.01. The Balaban J connectivity index is 0.00000400. The van der Waals surface area contributed by atoms with E-state index in [0.717, 1.165) is 0 Å². The number of carbonyl (C=O) groups excluding carboxylic acids is 1. The number of amides is 1. The molecule has 0 aliphatic rings. The van der Waals surface area contributed by atoms with E-state index >= 15 is 0 Å². The lowest BCUT2D eigenvalue weighted by Gasteiger charge is -2.16. The van der Waals surface area contributed by atoms with Gasteiger partial charge in [-0.3, -0.25) is 4.79 Å². The van der Waals surface area contributed by atoms with Crippen LogP contribution in [0, 0.1) is 0 Å². The molecule has 0 spiro atoms. The molecule has 1 unspecified atom stereocenters. The van der Waals surface area contributed by atoms with Crippen molar-refractivity contribution in [2.75, 3.05) is 26.1 Å². The van der Waals surface area contributed by atoms with Gasteiger partial charge in [0.2, 0.25) is 0 Å². The molecule has 0 aliphatic heterocycles. The number of anilines is 1. The number of alkyl halides is 2. The van der Waals surface area contributed by atoms with Gasteiger partial charge in [-0.15, -0.1) is 12.4 Å². The first-order valence-electron chi connectivity index (χ1n) is 5.68. The van der Waals surface area contributed by atoms with Gasteiger partial charge in [0.1, 0.15) is 17.6 Å². The van der Waals surface area contributed by atoms with E-state index in [-0.39, 0.29) is 30.4 Å². The van der Waals surface area contributed by atoms with Crippen molar-refractivity contribution in [2.45, 2.75) is 12.7 Å². The fraction of sp³-hybridized carbons (Fsp3) is 0.417. The number of nitrogens with two attached hydrogens (primary N) is 1. The Morgan fingerprint density at radius 1 is 1.38 bits per heavy atom. The molecule has 0 bridgehead atoms. The number of rotatable bonds is 7. The fourth-order valence-corrected chi connectivity index (χ4v) is 1.46. The molecular formula is C12H17ClF2N2O4. The highest BCUT2D eigenvalue weighted by atomic mass is 35.5. The Morgan fingerprint density at radius 3 is 2.52 bits per heavy atom. The minimum Gasteiger partial charge on any atom is -0.497 e. The average Bonchev–Trinajstić information content (AvgIpc) is 2.41. The Kier molecular flexibility index (Phi) is 8.60. The SMILES string of the molecule is COc1ccc(OC(F)F)c(NC(=O)C(CN)OC)c1.Cl. The van der Waals surface area contributed by atoms with E-state index in [1.165, 1.54) is 32.4 Å². The van der Waals surface area contributed by atoms with Gasteiger partial charge in [-0.1, -0.05) is 0 Å². The zero-order valence-electron chi connectivity index (χ0n) is 11.5. The lowest BCUT2D eigenvalue weighted by Crippen LogP contribution is -2.36. The average molecular weight is 327 g/mol. The molecule has 6 nitrogen and oxygen atoms in total. The van der Waals surface area contributed by atoms with Crippen molar-refractivity contribution in [3.8, 4) is 11.5 Å². The summed E-state index contributed by atoms with van der Waals surface area (Å²) < 4.78 is 38.7. The van der Waals surface area contributed by atoms with Crippen LogP contribution in [0.25, 0.3) is 0 Å². The van der Waals surface area contributed by atoms with Crippen molar-refractivity contribution in [3.63, 3.8) is 0 Å². The van der Waals surface area contributed by atoms with Crippen LogP contribution in [0.2, 0.25) is 0 Å². The van der Waals surface area contributed by atoms with Gasteiger partial charge in [-0.05, 0) is 12.1 Å². The van der Waals surface area contributed by atoms with Gasteiger partial charge >= 0.3 is 6.61 Å². The highest BCUT2D eigenvalue weighted by Gasteiger charge is 2.19. The quantitative estimate of drug-likeness (QED) is 0.796. The number of nitrogens with one attached hydrogen (secondary N) is 1. The van der Waals surface area contributed by atoms with E-state index < -0.39 is 18.6 Å². The third kappa shape index (κ3) is 5.70. The van der Waals surface area contributed by atoms with Crippen LogP contribution >= 0.6 is 12.4 Å². The normalized spacial score (nSPS) is 11.5. The van der Waals surface area contributed by atoms with Crippen molar-refractivity contribution in [2.24, 2.45) is 5.73 Å². The number of benzene rings is 1. The van der Waals surface area contributed by atoms with Gasteiger partial charge in [0.25, 0.3) is 5.91 Å². The molecule has 1 amide bonds. The molecule has 3 N–H and O–H groups in total. The molecule has 21 heavy (non-hydrogen) atoms. The number of ether oxygens (including phenoxy) is 3. The van der Waals surface area contributed by atoms with Crippen LogP contribution in [0.1, 0.15) is 0 Å². The van der Waals surface area contributed by atoms with Gasteiger partial charge in [-0.2, -0.15) is 8.78 Å². The van der Waals surface area contributed by atoms with Crippen molar-refractivity contribution >= 4 is 24.0 Å². The molecule has 0 heterocycles. The van der Waals surface area contributed by atoms with Gasteiger partial charge < -0.3 is 25.3 Å². The van der Waals surface area contributed by atoms with Crippen LogP contribution in [-0.2, 0) is 9.53 Å². The van der Waals surface area contributed by atoms with Gasteiger partial charge in [0.05, 0.1) is 12.8 Å². The van der Waals surface area contributed by atoms with Crippen molar-refractivity contribution < 1.29 is 27.8 Å². The first-order valence-corrected chi connectivity index (χ1v) is 5.68. The Hall–Kier alpha value is -1.64. The second-order valence-electron chi connectivity index (χ2n) is 3.69. The van der Waals surface area contributed by atoms with Crippen molar-refractivity contribution in [1.29, 1.82) is 0 Å². The first-order chi connectivity index (χ1) is 9.51. The smallest absolute Gasteiger partial charge is 0.387 e. The zero-order valence-corrected chi connectivity index (χ0v) is 12.3. The molecule has 0 radical (unpaired) electrons. The molecule has 1 rings (SSSR count). The zero-order chi connectivity index (χ0) is 15.1. The van der Waals surface area contributed by atoms with Crippen LogP contribution in [0.15, 0.2) is 18.2 Å². The third-order valence-electron chi connectivity index (χ3n) is 2.45. The number of halogens is 3. The van der Waals surface area contributed by atoms with Gasteiger partial charge in [0, 0.05) is 19.7 Å². The van der Waals surface area contributed by atoms with E-state index in [9.17, 15) is 13.6 Å². The van der Waals surface area contributed by atoms with Crippen LogP contribution in [0.3, 0.4) is 0 Å². The summed E-state index contributed by atoms with van der Waals surface area (Å²) in [5.41, 5.74) is 5.40. The minimum absolute atomic E-state index is 0. The highest BCUT2D eigenvalue weighted by molar-refractivity contribution is 5.95. The van der Waals surface area contributed by atoms with Crippen LogP contribution in [0.5, 0.6) is 11.5 Å². The molecular weight excluding hydrogens is 310 g/mol. The van der Waals surface area contributed by atoms with Crippen LogP contribution < -0.4 is 20.5 Å². The summed E-state index contributed by atoms with van der Waals surface area (Å²) in [4.78, 5) is 11.8. The topological polar surface area (TPSA) is 82.8 Å². The largest absolute Gasteiger partial charge is 0.497 e. The summed E-state index contributed by atoms with van der Waals surface area (Å²) >= 11 is 0. The maximum Gasteiger partial charge on any atom is 0.387 e. The summed E-state index contributed by atoms with van der Waals surface area (Å²) in [6.45, 7) is -3.05. The summed E-state index contributed by atoms with van der Waals surface area (Å²) in [6.07, 6.45) is -0.888. The van der Waals surface area contributed by atoms with Crippen LogP contribution in [0.4, 0.5) is 14.5 Å². The summed E-state index contributed by atoms with van der Waals surface area (Å²) in [5.74, 6) is -0.368. The molecule has 0 aliphatic carbocycles. The van der Waals surface area contributed by atoms with Crippen molar-refractivity contribution in [3.05, 3.63) is 18.2 Å². The molecule has 0 fully saturated rings. The number of hydrogen-bond acceptors (Lipinski definition) is 5. The first kappa shape index (κ1) is 19.4. The summed E-state index contributed by atoms with van der Waals surface area (Å²) in [7, 11) is 2.73. The lowest BCUT2D eigenvalue weighted by atomic mass is 10.2. The molecule has 120 valence electrons. The Morgan fingerprint density at radius 2 is 2.05 bits per heavy atom. The van der Waals surface area contributed by atoms with Crippen molar-refractivity contribution in [1.82, 2.24) is 0 Å². The highest BCUT2D eigenvalue weighted by Crippen LogP contribution is 2.30. The molecule has 0 saturated carbocycles. The number of hydrogen-bond donors (Lipinski definition) is 2. The van der Waals surface area contributed by atoms with E-state index in [0.29, 0.717) is 5.75 Å². The molecule has 1 atom stereocenters. The fourth-order valence-electron chi connectivity index (χ4n) is 1.46. The number of methoxy groups -OCH3 is 2. The predicted octanol–water partition coefficient (Wildman–Crippen LogP) is 1.63. The molecule has 0 saturated heterocycles. The molecule has 9 heteroatoms. The second kappa shape index (κ2) is 9.32. The maximum atomic E-state index is 12.3. The molecule has 1 aromatic carbocycles. The standard InChI is InChI=1S/C12H16F2N2O4.ClH/c1-18-7-3-4-9(20-12(13)14)8(5-7)16-11(17)10(6-15)19-2;/h3-5,10,12H,6,15H2,1-2H3,(H,16,17);1H. The van der Waals surface area contributed by atoms with E-state index in [1.54, 1.807) is 0 Å². The maximum absolute atomic E-state index is 12.3.